The molecule has 2 aromatic rings. The Morgan fingerprint density at radius 2 is 2.12 bits per heavy atom. The second kappa shape index (κ2) is 3.79. The van der Waals surface area contributed by atoms with Gasteiger partial charge in [-0.25, -0.2) is 0 Å². The van der Waals surface area contributed by atoms with E-state index in [1.807, 2.05) is 12.1 Å². The fourth-order valence-corrected chi connectivity index (χ4v) is 2.07. The van der Waals surface area contributed by atoms with E-state index in [0.29, 0.717) is 0 Å². The molecule has 0 bridgehead atoms. The van der Waals surface area contributed by atoms with E-state index >= 15 is 0 Å². The van der Waals surface area contributed by atoms with Gasteiger partial charge in [0.25, 0.3) is 6.01 Å². The number of anilines is 1. The standard InChI is InChI=1S/C12H15N3O/c1-9-3-2-4-10-11(9)16-12(14-10)15-7-5-13-6-8-15/h2-4,13H,5-8H2,1H3. The van der Waals surface area contributed by atoms with E-state index in [2.05, 4.69) is 28.2 Å². The number of benzene rings is 1. The van der Waals surface area contributed by atoms with E-state index in [9.17, 15) is 0 Å². The summed E-state index contributed by atoms with van der Waals surface area (Å²) in [6.07, 6.45) is 0. The van der Waals surface area contributed by atoms with Crippen LogP contribution in [-0.4, -0.2) is 31.2 Å². The Hall–Kier alpha value is -1.55. The Kier molecular flexibility index (Phi) is 2.29. The summed E-state index contributed by atoms with van der Waals surface area (Å²) in [6, 6.07) is 6.82. The number of aromatic nitrogens is 1. The molecule has 4 heteroatoms. The summed E-state index contributed by atoms with van der Waals surface area (Å²) in [5, 5.41) is 3.32. The van der Waals surface area contributed by atoms with Gasteiger partial charge in [0.2, 0.25) is 0 Å². The van der Waals surface area contributed by atoms with Crippen LogP contribution in [0.5, 0.6) is 0 Å². The molecule has 1 fully saturated rings. The van der Waals surface area contributed by atoms with Gasteiger partial charge in [-0.15, -0.1) is 0 Å². The van der Waals surface area contributed by atoms with Crippen LogP contribution in [0.15, 0.2) is 22.6 Å². The third kappa shape index (κ3) is 1.55. The summed E-state index contributed by atoms with van der Waals surface area (Å²) in [7, 11) is 0. The molecule has 0 radical (unpaired) electrons. The van der Waals surface area contributed by atoms with Gasteiger partial charge in [-0.05, 0) is 18.6 Å². The molecular formula is C12H15N3O. The van der Waals surface area contributed by atoms with Crippen molar-refractivity contribution in [3.8, 4) is 0 Å². The molecule has 1 N–H and O–H groups in total. The van der Waals surface area contributed by atoms with Crippen LogP contribution in [-0.2, 0) is 0 Å². The maximum atomic E-state index is 5.83. The average Bonchev–Trinajstić information content (AvgIpc) is 2.76. The van der Waals surface area contributed by atoms with E-state index in [1.165, 1.54) is 0 Å². The summed E-state index contributed by atoms with van der Waals surface area (Å²) in [4.78, 5) is 6.72. The molecule has 1 aliphatic rings. The van der Waals surface area contributed by atoms with Crippen LogP contribution in [0, 0.1) is 6.92 Å². The molecule has 0 atom stereocenters. The lowest BCUT2D eigenvalue weighted by Gasteiger charge is -2.25. The molecule has 4 nitrogen and oxygen atoms in total. The number of hydrogen-bond donors (Lipinski definition) is 1. The second-order valence-corrected chi connectivity index (χ2v) is 4.16. The Bertz CT molecular complexity index is 500. The van der Waals surface area contributed by atoms with Crippen LogP contribution in [0.1, 0.15) is 5.56 Å². The minimum atomic E-state index is 0.755. The van der Waals surface area contributed by atoms with Gasteiger partial charge < -0.3 is 14.6 Å². The molecule has 0 unspecified atom stereocenters. The number of piperazine rings is 1. The fourth-order valence-electron chi connectivity index (χ4n) is 2.07. The van der Waals surface area contributed by atoms with Crippen molar-refractivity contribution in [1.29, 1.82) is 0 Å². The number of para-hydroxylation sites is 1. The molecule has 0 amide bonds. The van der Waals surface area contributed by atoms with Crippen LogP contribution in [0.2, 0.25) is 0 Å². The van der Waals surface area contributed by atoms with Crippen molar-refractivity contribution in [3.05, 3.63) is 23.8 Å². The Morgan fingerprint density at radius 3 is 2.88 bits per heavy atom. The minimum Gasteiger partial charge on any atom is -0.423 e. The molecule has 1 aromatic heterocycles. The number of rotatable bonds is 1. The summed E-state index contributed by atoms with van der Waals surface area (Å²) >= 11 is 0. The zero-order valence-corrected chi connectivity index (χ0v) is 9.36. The van der Waals surface area contributed by atoms with E-state index in [-0.39, 0.29) is 0 Å². The molecule has 0 spiro atoms. The third-order valence-electron chi connectivity index (χ3n) is 2.99. The third-order valence-corrected chi connectivity index (χ3v) is 2.99. The second-order valence-electron chi connectivity index (χ2n) is 4.16. The van der Waals surface area contributed by atoms with Gasteiger partial charge in [0, 0.05) is 26.2 Å². The molecule has 1 aliphatic heterocycles. The Labute approximate surface area is 94.3 Å². The number of nitrogens with one attached hydrogen (secondary N) is 1. The highest BCUT2D eigenvalue weighted by atomic mass is 16.4. The molecular weight excluding hydrogens is 202 g/mol. The number of oxazole rings is 1. The normalized spacial score (nSPS) is 16.9. The molecule has 3 rings (SSSR count). The van der Waals surface area contributed by atoms with Crippen LogP contribution in [0.25, 0.3) is 11.1 Å². The van der Waals surface area contributed by atoms with Crippen LogP contribution in [0.3, 0.4) is 0 Å². The lowest BCUT2D eigenvalue weighted by Crippen LogP contribution is -2.43. The van der Waals surface area contributed by atoms with Crippen molar-refractivity contribution in [2.45, 2.75) is 6.92 Å². The Morgan fingerprint density at radius 1 is 1.31 bits per heavy atom. The predicted octanol–water partition coefficient (Wildman–Crippen LogP) is 1.55. The molecule has 84 valence electrons. The van der Waals surface area contributed by atoms with Crippen molar-refractivity contribution in [2.75, 3.05) is 31.1 Å². The molecule has 1 saturated heterocycles. The topological polar surface area (TPSA) is 41.3 Å². The Balaban J connectivity index is 2.01. The van der Waals surface area contributed by atoms with Gasteiger partial charge >= 0.3 is 0 Å². The van der Waals surface area contributed by atoms with E-state index < -0.39 is 0 Å². The quantitative estimate of drug-likeness (QED) is 0.786. The first-order valence-corrected chi connectivity index (χ1v) is 5.66. The first kappa shape index (κ1) is 9.66. The van der Waals surface area contributed by atoms with Gasteiger partial charge in [-0.2, -0.15) is 4.98 Å². The molecule has 0 aliphatic carbocycles. The largest absolute Gasteiger partial charge is 0.423 e. The SMILES string of the molecule is Cc1cccc2nc(N3CCNCC3)oc12. The fraction of sp³-hybridized carbons (Fsp3) is 0.417. The molecule has 2 heterocycles. The van der Waals surface area contributed by atoms with Gasteiger partial charge in [-0.3, -0.25) is 0 Å². The van der Waals surface area contributed by atoms with Gasteiger partial charge in [0.05, 0.1) is 0 Å². The highest BCUT2D eigenvalue weighted by molar-refractivity contribution is 5.77. The lowest BCUT2D eigenvalue weighted by atomic mass is 10.2. The summed E-state index contributed by atoms with van der Waals surface area (Å²) < 4.78 is 5.83. The molecule has 16 heavy (non-hydrogen) atoms. The highest BCUT2D eigenvalue weighted by Gasteiger charge is 2.16. The smallest absolute Gasteiger partial charge is 0.298 e. The van der Waals surface area contributed by atoms with Gasteiger partial charge in [0.15, 0.2) is 5.58 Å². The zero-order valence-electron chi connectivity index (χ0n) is 9.36. The van der Waals surface area contributed by atoms with E-state index in [0.717, 1.165) is 48.9 Å². The van der Waals surface area contributed by atoms with Gasteiger partial charge in [0.1, 0.15) is 5.52 Å². The number of hydrogen-bond acceptors (Lipinski definition) is 4. The van der Waals surface area contributed by atoms with Crippen molar-refractivity contribution in [1.82, 2.24) is 10.3 Å². The van der Waals surface area contributed by atoms with Crippen molar-refractivity contribution >= 4 is 17.1 Å². The monoisotopic (exact) mass is 217 g/mol. The maximum Gasteiger partial charge on any atom is 0.298 e. The lowest BCUT2D eigenvalue weighted by molar-refractivity contribution is 0.517. The van der Waals surface area contributed by atoms with Crippen LogP contribution < -0.4 is 10.2 Å². The first-order chi connectivity index (χ1) is 7.84. The van der Waals surface area contributed by atoms with Gasteiger partial charge in [-0.1, -0.05) is 12.1 Å². The predicted molar refractivity (Wildman–Crippen MR) is 63.8 cm³/mol. The first-order valence-electron chi connectivity index (χ1n) is 5.66. The maximum absolute atomic E-state index is 5.83. The summed E-state index contributed by atoms with van der Waals surface area (Å²) in [5.41, 5.74) is 3.01. The number of nitrogens with zero attached hydrogens (tertiary/aromatic N) is 2. The van der Waals surface area contributed by atoms with E-state index in [4.69, 9.17) is 4.42 Å². The van der Waals surface area contributed by atoms with E-state index in [1.54, 1.807) is 0 Å². The molecule has 0 saturated carbocycles. The van der Waals surface area contributed by atoms with Crippen LogP contribution in [0.4, 0.5) is 6.01 Å². The summed E-state index contributed by atoms with van der Waals surface area (Å²) in [5.74, 6) is 0. The van der Waals surface area contributed by atoms with Crippen molar-refractivity contribution < 1.29 is 4.42 Å². The molecule has 1 aromatic carbocycles. The highest BCUT2D eigenvalue weighted by Crippen LogP contribution is 2.24. The van der Waals surface area contributed by atoms with Crippen LogP contribution >= 0.6 is 0 Å². The van der Waals surface area contributed by atoms with Crippen molar-refractivity contribution in [2.24, 2.45) is 0 Å². The van der Waals surface area contributed by atoms with Crippen molar-refractivity contribution in [3.63, 3.8) is 0 Å². The zero-order chi connectivity index (χ0) is 11.0. The summed E-state index contributed by atoms with van der Waals surface area (Å²) in [6.45, 7) is 5.97. The average molecular weight is 217 g/mol. The number of aryl methyl sites for hydroxylation is 1. The minimum absolute atomic E-state index is 0.755. The number of fused-ring (bicyclic) bond motifs is 1.